The summed E-state index contributed by atoms with van der Waals surface area (Å²) >= 11 is 0. The zero-order valence-corrected chi connectivity index (χ0v) is 18.0. The minimum atomic E-state index is 0.119. The first-order valence-corrected chi connectivity index (χ1v) is 11.0. The van der Waals surface area contributed by atoms with Gasteiger partial charge >= 0.3 is 0 Å². The third kappa shape index (κ3) is 4.64. The van der Waals surface area contributed by atoms with E-state index in [9.17, 15) is 4.79 Å². The van der Waals surface area contributed by atoms with Crippen LogP contribution in [-0.4, -0.2) is 31.8 Å². The van der Waals surface area contributed by atoms with Crippen molar-refractivity contribution in [2.75, 3.05) is 6.54 Å². The van der Waals surface area contributed by atoms with E-state index in [2.05, 4.69) is 24.4 Å². The van der Waals surface area contributed by atoms with Crippen molar-refractivity contribution in [2.24, 2.45) is 0 Å². The van der Waals surface area contributed by atoms with Gasteiger partial charge in [-0.1, -0.05) is 11.6 Å². The molecular weight excluding hydrogens is 374 g/mol. The van der Waals surface area contributed by atoms with Gasteiger partial charge in [0.25, 0.3) is 0 Å². The highest BCUT2D eigenvalue weighted by Crippen LogP contribution is 2.25. The third-order valence-electron chi connectivity index (χ3n) is 5.79. The molecule has 0 aliphatic heterocycles. The van der Waals surface area contributed by atoms with Crippen molar-refractivity contribution in [1.82, 2.24) is 24.6 Å². The average molecular weight is 406 g/mol. The Hall–Kier alpha value is -2.89. The van der Waals surface area contributed by atoms with E-state index < -0.39 is 0 Å². The number of rotatable bonds is 8. The summed E-state index contributed by atoms with van der Waals surface area (Å²) in [4.78, 5) is 17.0. The fourth-order valence-corrected chi connectivity index (χ4v) is 4.28. The van der Waals surface area contributed by atoms with E-state index in [-0.39, 0.29) is 5.91 Å². The first-order chi connectivity index (χ1) is 14.6. The van der Waals surface area contributed by atoms with Gasteiger partial charge in [0.2, 0.25) is 5.91 Å². The molecule has 1 N–H and O–H groups in total. The zero-order chi connectivity index (χ0) is 20.9. The molecule has 6 nitrogen and oxygen atoms in total. The van der Waals surface area contributed by atoms with Crippen molar-refractivity contribution in [3.8, 4) is 5.82 Å². The fraction of sp³-hybridized carbons (Fsp3) is 0.458. The smallest absolute Gasteiger partial charge is 0.220 e. The minimum absolute atomic E-state index is 0.119. The quantitative estimate of drug-likeness (QED) is 0.556. The molecule has 0 fully saturated rings. The van der Waals surface area contributed by atoms with Gasteiger partial charge in [0.1, 0.15) is 0 Å². The molecule has 0 bridgehead atoms. The normalized spacial score (nSPS) is 14.1. The van der Waals surface area contributed by atoms with Gasteiger partial charge in [-0.15, -0.1) is 0 Å². The number of hydrogen-bond acceptors (Lipinski definition) is 3. The van der Waals surface area contributed by atoms with Crippen molar-refractivity contribution >= 4 is 16.9 Å². The Morgan fingerprint density at radius 1 is 1.20 bits per heavy atom. The second kappa shape index (κ2) is 9.28. The lowest BCUT2D eigenvalue weighted by Gasteiger charge is -2.13. The lowest BCUT2D eigenvalue weighted by atomic mass is 9.97. The molecule has 0 spiro atoms. The largest absolute Gasteiger partial charge is 0.356 e. The number of carbonyl (C=O) groups is 1. The molecule has 3 heterocycles. The number of aryl methyl sites for hydroxylation is 3. The lowest BCUT2D eigenvalue weighted by Crippen LogP contribution is -2.25. The molecule has 0 unspecified atom stereocenters. The van der Waals surface area contributed by atoms with Crippen molar-refractivity contribution in [2.45, 2.75) is 65.3 Å². The molecule has 0 saturated heterocycles. The van der Waals surface area contributed by atoms with Gasteiger partial charge in [-0.25, -0.2) is 9.67 Å². The summed E-state index contributed by atoms with van der Waals surface area (Å²) < 4.78 is 3.97. The van der Waals surface area contributed by atoms with E-state index >= 15 is 0 Å². The Balaban J connectivity index is 1.38. The second-order valence-electron chi connectivity index (χ2n) is 8.23. The summed E-state index contributed by atoms with van der Waals surface area (Å²) in [5.41, 5.74) is 4.54. The number of amides is 1. The van der Waals surface area contributed by atoms with Gasteiger partial charge in [-0.2, -0.15) is 5.10 Å². The number of fused-ring (bicyclic) bond motifs is 1. The van der Waals surface area contributed by atoms with Gasteiger partial charge < -0.3 is 9.88 Å². The molecular formula is C24H31N5O. The Bertz CT molecular complexity index is 1050. The number of nitrogens with zero attached hydrogens (tertiary/aromatic N) is 4. The SMILES string of the molecule is Cc1cc(C)c2c(-n3cccc3)nn(CCCC(=O)NCCC3=CCCCC3)c2n1. The zero-order valence-electron chi connectivity index (χ0n) is 18.0. The average Bonchev–Trinajstić information content (AvgIpc) is 3.37. The van der Waals surface area contributed by atoms with Crippen LogP contribution in [0, 0.1) is 13.8 Å². The molecule has 3 aromatic rings. The van der Waals surface area contributed by atoms with Gasteiger partial charge in [-0.05, 0) is 76.1 Å². The van der Waals surface area contributed by atoms with Crippen LogP contribution in [-0.2, 0) is 11.3 Å². The number of aromatic nitrogens is 4. The van der Waals surface area contributed by atoms with Crippen molar-refractivity contribution < 1.29 is 4.79 Å². The molecule has 1 aliphatic rings. The fourth-order valence-electron chi connectivity index (χ4n) is 4.28. The van der Waals surface area contributed by atoms with Crippen LogP contribution in [0.5, 0.6) is 0 Å². The van der Waals surface area contributed by atoms with E-state index in [1.165, 1.54) is 36.8 Å². The highest BCUT2D eigenvalue weighted by Gasteiger charge is 2.16. The number of carbonyl (C=O) groups excluding carboxylic acids is 1. The van der Waals surface area contributed by atoms with Gasteiger partial charge in [0.05, 0.1) is 5.39 Å². The monoisotopic (exact) mass is 405 g/mol. The van der Waals surface area contributed by atoms with Crippen LogP contribution < -0.4 is 5.32 Å². The maximum Gasteiger partial charge on any atom is 0.220 e. The summed E-state index contributed by atoms with van der Waals surface area (Å²) in [5, 5.41) is 8.97. The topological polar surface area (TPSA) is 64.7 Å². The molecule has 1 aliphatic carbocycles. The predicted molar refractivity (Wildman–Crippen MR) is 120 cm³/mol. The maximum absolute atomic E-state index is 12.3. The minimum Gasteiger partial charge on any atom is -0.356 e. The van der Waals surface area contributed by atoms with Gasteiger partial charge in [0, 0.05) is 37.6 Å². The second-order valence-corrected chi connectivity index (χ2v) is 8.23. The van der Waals surface area contributed by atoms with E-state index in [1.807, 2.05) is 40.7 Å². The van der Waals surface area contributed by atoms with E-state index in [1.54, 1.807) is 0 Å². The summed E-state index contributed by atoms with van der Waals surface area (Å²) in [6.45, 7) is 5.53. The summed E-state index contributed by atoms with van der Waals surface area (Å²) in [6.07, 6.45) is 13.6. The Labute approximate surface area is 178 Å². The Morgan fingerprint density at radius 3 is 2.80 bits per heavy atom. The first kappa shape index (κ1) is 20.4. The van der Waals surface area contributed by atoms with E-state index in [0.717, 1.165) is 41.9 Å². The van der Waals surface area contributed by atoms with Crippen LogP contribution in [0.1, 0.15) is 56.2 Å². The van der Waals surface area contributed by atoms with Gasteiger partial charge in [0.15, 0.2) is 11.5 Å². The molecule has 6 heteroatoms. The van der Waals surface area contributed by atoms with Crippen LogP contribution in [0.25, 0.3) is 16.9 Å². The van der Waals surface area contributed by atoms with Crippen LogP contribution >= 0.6 is 0 Å². The summed E-state index contributed by atoms with van der Waals surface area (Å²) in [7, 11) is 0. The van der Waals surface area contributed by atoms with Crippen LogP contribution in [0.4, 0.5) is 0 Å². The number of allylic oxidation sites excluding steroid dienone is 1. The van der Waals surface area contributed by atoms with E-state index in [0.29, 0.717) is 13.0 Å². The molecule has 3 aromatic heterocycles. The highest BCUT2D eigenvalue weighted by molar-refractivity contribution is 5.87. The van der Waals surface area contributed by atoms with E-state index in [4.69, 9.17) is 10.1 Å². The van der Waals surface area contributed by atoms with Crippen molar-refractivity contribution in [3.05, 3.63) is 53.5 Å². The van der Waals surface area contributed by atoms with Crippen molar-refractivity contribution in [1.29, 1.82) is 0 Å². The maximum atomic E-state index is 12.3. The molecule has 158 valence electrons. The molecule has 0 aromatic carbocycles. The summed E-state index contributed by atoms with van der Waals surface area (Å²) in [5.74, 6) is 1.01. The van der Waals surface area contributed by atoms with Crippen molar-refractivity contribution in [3.63, 3.8) is 0 Å². The molecule has 30 heavy (non-hydrogen) atoms. The highest BCUT2D eigenvalue weighted by atomic mass is 16.1. The predicted octanol–water partition coefficient (Wildman–Crippen LogP) is 4.63. The standard InChI is InChI=1S/C24H31N5O/c1-18-17-19(2)26-23-22(18)24(28-14-6-7-15-28)27-29(23)16-8-11-21(30)25-13-12-20-9-4-3-5-10-20/h6-7,9,14-15,17H,3-5,8,10-13,16H2,1-2H3,(H,25,30). The summed E-state index contributed by atoms with van der Waals surface area (Å²) in [6, 6.07) is 6.08. The van der Waals surface area contributed by atoms with Crippen LogP contribution in [0.3, 0.4) is 0 Å². The Morgan fingerprint density at radius 2 is 2.03 bits per heavy atom. The molecule has 0 radical (unpaired) electrons. The number of hydrogen-bond donors (Lipinski definition) is 1. The first-order valence-electron chi connectivity index (χ1n) is 11.0. The Kier molecular flexibility index (Phi) is 6.31. The lowest BCUT2D eigenvalue weighted by molar-refractivity contribution is -0.121. The molecule has 4 rings (SSSR count). The number of nitrogens with one attached hydrogen (secondary N) is 1. The van der Waals surface area contributed by atoms with Gasteiger partial charge in [-0.3, -0.25) is 4.79 Å². The number of pyridine rings is 1. The molecule has 0 atom stereocenters. The molecule has 1 amide bonds. The molecule has 0 saturated carbocycles. The van der Waals surface area contributed by atoms with Crippen LogP contribution in [0.2, 0.25) is 0 Å². The third-order valence-corrected chi connectivity index (χ3v) is 5.79. The van der Waals surface area contributed by atoms with Crippen LogP contribution in [0.15, 0.2) is 42.2 Å².